The second-order valence-electron chi connectivity index (χ2n) is 11.5. The summed E-state index contributed by atoms with van der Waals surface area (Å²) in [6, 6.07) is 17.7. The maximum Gasteiger partial charge on any atom is 0.0731 e. The molecule has 4 saturated carbocycles. The van der Waals surface area contributed by atoms with E-state index in [1.54, 1.807) is 24.4 Å². The summed E-state index contributed by atoms with van der Waals surface area (Å²) in [5, 5.41) is 4.20. The quantitative estimate of drug-likeness (QED) is 0.236. The second-order valence-corrected chi connectivity index (χ2v) is 12.7. The fourth-order valence-electron chi connectivity index (χ4n) is 7.28. The van der Waals surface area contributed by atoms with Crippen LogP contribution >= 0.6 is 34.8 Å². The predicted octanol–water partition coefficient (Wildman–Crippen LogP) is 8.94. The van der Waals surface area contributed by atoms with Gasteiger partial charge in [-0.25, -0.2) is 5.43 Å². The summed E-state index contributed by atoms with van der Waals surface area (Å²) >= 11 is 17.9. The minimum absolute atomic E-state index is 0.228. The maximum absolute atomic E-state index is 6.15. The van der Waals surface area contributed by atoms with Gasteiger partial charge in [-0.15, -0.1) is 0 Å². The molecule has 0 spiro atoms. The zero-order valence-electron chi connectivity index (χ0n) is 21.6. The molecule has 4 bridgehead atoms. The highest BCUT2D eigenvalue weighted by Gasteiger charge is 2.50. The SMILES string of the molecule is CCC(NNC12CC3CC(CC(C3)C1)C2)c1ccc2ccc(Cl)cc2n1.Clc1ccc2c(Cl)ccnc2c1. The zero-order chi connectivity index (χ0) is 26.3. The van der Waals surface area contributed by atoms with Crippen molar-refractivity contribution in [2.45, 2.75) is 63.5 Å². The van der Waals surface area contributed by atoms with Crippen LogP contribution in [-0.4, -0.2) is 15.5 Å². The molecule has 1 unspecified atom stereocenters. The fraction of sp³-hybridized carbons (Fsp3) is 0.419. The van der Waals surface area contributed by atoms with Gasteiger partial charge in [0.1, 0.15) is 0 Å². The van der Waals surface area contributed by atoms with E-state index in [0.29, 0.717) is 15.6 Å². The predicted molar refractivity (Wildman–Crippen MR) is 159 cm³/mol. The van der Waals surface area contributed by atoms with E-state index < -0.39 is 0 Å². The summed E-state index contributed by atoms with van der Waals surface area (Å²) in [5.41, 5.74) is 10.7. The molecular formula is C31H33Cl3N4. The van der Waals surface area contributed by atoms with Crippen molar-refractivity contribution in [3.63, 3.8) is 0 Å². The van der Waals surface area contributed by atoms with E-state index in [4.69, 9.17) is 39.8 Å². The van der Waals surface area contributed by atoms with Crippen molar-refractivity contribution >= 4 is 56.6 Å². The van der Waals surface area contributed by atoms with Crippen molar-refractivity contribution in [1.82, 2.24) is 20.8 Å². The monoisotopic (exact) mass is 566 g/mol. The standard InChI is InChI=1S/C22H28ClN3.C9H5Cl2N/c1-2-19(20-6-4-17-3-5-18(23)10-21(17)24-20)25-26-22-11-14-7-15(12-22)9-16(8-14)13-22;10-6-1-2-7-8(11)3-4-12-9(7)5-6/h3-6,10,14-16,19,25-26H,2,7-9,11-13H2,1H3;1-5H. The van der Waals surface area contributed by atoms with E-state index in [2.05, 4.69) is 34.9 Å². The molecule has 0 saturated heterocycles. The Hall–Kier alpha value is -1.95. The van der Waals surface area contributed by atoms with Crippen LogP contribution in [0.4, 0.5) is 0 Å². The lowest BCUT2D eigenvalue weighted by Crippen LogP contribution is -2.62. The molecule has 0 aliphatic heterocycles. The number of nitrogens with one attached hydrogen (secondary N) is 2. The summed E-state index contributed by atoms with van der Waals surface area (Å²) in [7, 11) is 0. The van der Waals surface area contributed by atoms with Gasteiger partial charge in [-0.3, -0.25) is 15.4 Å². The third-order valence-corrected chi connectivity index (χ3v) is 9.44. The second kappa shape index (κ2) is 10.9. The molecule has 7 heteroatoms. The normalized spacial score (nSPS) is 26.4. The number of fused-ring (bicyclic) bond motifs is 2. The smallest absolute Gasteiger partial charge is 0.0731 e. The van der Waals surface area contributed by atoms with Crippen LogP contribution in [0.25, 0.3) is 21.8 Å². The van der Waals surface area contributed by atoms with Crippen LogP contribution in [0.1, 0.15) is 63.6 Å². The van der Waals surface area contributed by atoms with Gasteiger partial charge < -0.3 is 0 Å². The minimum Gasteiger partial charge on any atom is -0.256 e. The van der Waals surface area contributed by atoms with Gasteiger partial charge in [-0.1, -0.05) is 53.9 Å². The molecule has 1 atom stereocenters. The number of hydrogen-bond acceptors (Lipinski definition) is 4. The lowest BCUT2D eigenvalue weighted by atomic mass is 9.53. The summed E-state index contributed by atoms with van der Waals surface area (Å²) < 4.78 is 0. The van der Waals surface area contributed by atoms with E-state index in [1.165, 1.54) is 38.5 Å². The zero-order valence-corrected chi connectivity index (χ0v) is 23.8. The van der Waals surface area contributed by atoms with Gasteiger partial charge in [-0.05, 0) is 105 Å². The first-order valence-corrected chi connectivity index (χ1v) is 14.8. The summed E-state index contributed by atoms with van der Waals surface area (Å²) in [5.74, 6) is 2.87. The van der Waals surface area contributed by atoms with Crippen LogP contribution in [0.3, 0.4) is 0 Å². The minimum atomic E-state index is 0.228. The van der Waals surface area contributed by atoms with Gasteiger partial charge in [0.25, 0.3) is 0 Å². The molecule has 198 valence electrons. The first-order valence-electron chi connectivity index (χ1n) is 13.7. The highest BCUT2D eigenvalue weighted by atomic mass is 35.5. The van der Waals surface area contributed by atoms with E-state index in [9.17, 15) is 0 Å². The number of benzene rings is 2. The largest absolute Gasteiger partial charge is 0.256 e. The molecule has 38 heavy (non-hydrogen) atoms. The van der Waals surface area contributed by atoms with Crippen LogP contribution in [0.2, 0.25) is 15.1 Å². The third kappa shape index (κ3) is 5.52. The van der Waals surface area contributed by atoms with E-state index in [-0.39, 0.29) is 6.04 Å². The van der Waals surface area contributed by atoms with E-state index >= 15 is 0 Å². The Morgan fingerprint density at radius 3 is 2.16 bits per heavy atom. The molecule has 2 N–H and O–H groups in total. The molecule has 0 radical (unpaired) electrons. The first-order chi connectivity index (χ1) is 18.4. The number of pyridine rings is 2. The Kier molecular flexibility index (Phi) is 7.54. The molecule has 2 heterocycles. The van der Waals surface area contributed by atoms with E-state index in [1.807, 2.05) is 24.3 Å². The van der Waals surface area contributed by atoms with Gasteiger partial charge in [0.05, 0.1) is 27.8 Å². The average molecular weight is 568 g/mol. The average Bonchev–Trinajstić information content (AvgIpc) is 2.88. The topological polar surface area (TPSA) is 49.8 Å². The number of aromatic nitrogens is 2. The van der Waals surface area contributed by atoms with Gasteiger partial charge in [-0.2, -0.15) is 0 Å². The number of nitrogens with zero attached hydrogens (tertiary/aromatic N) is 2. The Bertz CT molecular complexity index is 1420. The molecule has 4 fully saturated rings. The molecule has 0 amide bonds. The van der Waals surface area contributed by atoms with Crippen LogP contribution in [0.5, 0.6) is 0 Å². The van der Waals surface area contributed by atoms with Crippen LogP contribution in [0.15, 0.2) is 60.8 Å². The fourth-order valence-corrected chi connectivity index (χ4v) is 7.82. The van der Waals surface area contributed by atoms with Gasteiger partial charge in [0.2, 0.25) is 0 Å². The van der Waals surface area contributed by atoms with Gasteiger partial charge >= 0.3 is 0 Å². The highest BCUT2D eigenvalue weighted by molar-refractivity contribution is 6.36. The molecule has 4 aromatic rings. The van der Waals surface area contributed by atoms with Crippen molar-refractivity contribution in [2.75, 3.05) is 0 Å². The molecular weight excluding hydrogens is 535 g/mol. The third-order valence-electron chi connectivity index (χ3n) is 8.64. The van der Waals surface area contributed by atoms with Crippen LogP contribution in [0, 0.1) is 17.8 Å². The maximum atomic E-state index is 6.15. The van der Waals surface area contributed by atoms with Crippen molar-refractivity contribution in [1.29, 1.82) is 0 Å². The van der Waals surface area contributed by atoms with Crippen molar-refractivity contribution < 1.29 is 0 Å². The first kappa shape index (κ1) is 26.3. The van der Waals surface area contributed by atoms with Crippen molar-refractivity contribution in [3.8, 4) is 0 Å². The Labute approximate surface area is 239 Å². The van der Waals surface area contributed by atoms with Gasteiger partial charge in [0.15, 0.2) is 0 Å². The Morgan fingerprint density at radius 1 is 0.842 bits per heavy atom. The summed E-state index contributed by atoms with van der Waals surface area (Å²) in [6.45, 7) is 2.23. The molecule has 2 aromatic heterocycles. The Balaban J connectivity index is 0.000000184. The van der Waals surface area contributed by atoms with Crippen molar-refractivity contribution in [2.24, 2.45) is 17.8 Å². The number of halogens is 3. The molecule has 8 rings (SSSR count). The number of hydrazine groups is 1. The lowest BCUT2D eigenvalue weighted by molar-refractivity contribution is -0.0292. The molecule has 4 aliphatic carbocycles. The number of rotatable bonds is 5. The van der Waals surface area contributed by atoms with Gasteiger partial charge in [0, 0.05) is 32.6 Å². The number of hydrogen-bond donors (Lipinski definition) is 2. The summed E-state index contributed by atoms with van der Waals surface area (Å²) in [6.07, 6.45) is 11.2. The molecule has 2 aromatic carbocycles. The van der Waals surface area contributed by atoms with Crippen molar-refractivity contribution in [3.05, 3.63) is 81.6 Å². The highest BCUT2D eigenvalue weighted by Crippen LogP contribution is 2.55. The van der Waals surface area contributed by atoms with Crippen LogP contribution in [-0.2, 0) is 0 Å². The van der Waals surface area contributed by atoms with E-state index in [0.717, 1.165) is 56.7 Å². The molecule has 4 aliphatic rings. The molecule has 4 nitrogen and oxygen atoms in total. The Morgan fingerprint density at radius 2 is 1.47 bits per heavy atom. The van der Waals surface area contributed by atoms with Crippen LogP contribution < -0.4 is 10.9 Å². The lowest BCUT2D eigenvalue weighted by Gasteiger charge is -2.57. The summed E-state index contributed by atoms with van der Waals surface area (Å²) in [4.78, 5) is 9.02.